The lowest BCUT2D eigenvalue weighted by molar-refractivity contribution is -0.133. The smallest absolute Gasteiger partial charge is 0.246 e. The minimum absolute atomic E-state index is 0.0277. The monoisotopic (exact) mass is 408 g/mol. The van der Waals surface area contributed by atoms with Gasteiger partial charge >= 0.3 is 0 Å². The number of carbonyl (C=O) groups excluding carboxylic acids is 2. The van der Waals surface area contributed by atoms with E-state index in [-0.39, 0.29) is 17.9 Å². The molecule has 3 rings (SSSR count). The molecule has 0 saturated carbocycles. The maximum absolute atomic E-state index is 13.2. The summed E-state index contributed by atoms with van der Waals surface area (Å²) in [7, 11) is 0. The molecule has 0 aliphatic carbocycles. The fourth-order valence-corrected chi connectivity index (χ4v) is 3.94. The van der Waals surface area contributed by atoms with Crippen LogP contribution in [0.1, 0.15) is 25.5 Å². The van der Waals surface area contributed by atoms with E-state index in [1.54, 1.807) is 0 Å². The van der Waals surface area contributed by atoms with E-state index >= 15 is 0 Å². The van der Waals surface area contributed by atoms with Gasteiger partial charge in [-0.15, -0.1) is 0 Å². The molecule has 0 bridgehead atoms. The van der Waals surface area contributed by atoms with E-state index in [4.69, 9.17) is 0 Å². The lowest BCUT2D eigenvalue weighted by Crippen LogP contribution is -2.52. The van der Waals surface area contributed by atoms with Gasteiger partial charge in [-0.3, -0.25) is 19.4 Å². The maximum atomic E-state index is 13.2. The van der Waals surface area contributed by atoms with Crippen molar-refractivity contribution in [1.29, 1.82) is 0 Å². The van der Waals surface area contributed by atoms with Crippen molar-refractivity contribution < 1.29 is 9.59 Å². The van der Waals surface area contributed by atoms with Gasteiger partial charge in [0.05, 0.1) is 6.54 Å². The summed E-state index contributed by atoms with van der Waals surface area (Å²) in [4.78, 5) is 31.9. The van der Waals surface area contributed by atoms with E-state index in [1.807, 2.05) is 79.4 Å². The molecule has 0 spiro atoms. The third-order valence-corrected chi connectivity index (χ3v) is 5.65. The number of benzene rings is 2. The van der Waals surface area contributed by atoms with Crippen molar-refractivity contribution in [2.45, 2.75) is 19.9 Å². The molecule has 1 fully saturated rings. The first kappa shape index (κ1) is 22.0. The third-order valence-electron chi connectivity index (χ3n) is 5.65. The van der Waals surface area contributed by atoms with Crippen molar-refractivity contribution in [3.05, 3.63) is 66.2 Å². The topological polar surface area (TPSA) is 55.9 Å². The zero-order chi connectivity index (χ0) is 21.3. The van der Waals surface area contributed by atoms with Crippen LogP contribution < -0.4 is 5.32 Å². The number of hydrogen-bond acceptors (Lipinski definition) is 4. The van der Waals surface area contributed by atoms with Gasteiger partial charge in [-0.2, -0.15) is 0 Å². The lowest BCUT2D eigenvalue weighted by Gasteiger charge is -2.39. The van der Waals surface area contributed by atoms with Crippen molar-refractivity contribution in [2.75, 3.05) is 51.1 Å². The Kier molecular flexibility index (Phi) is 7.99. The highest BCUT2D eigenvalue weighted by Gasteiger charge is 2.31. The molecule has 6 nitrogen and oxygen atoms in total. The molecular formula is C24H32N4O2. The quantitative estimate of drug-likeness (QED) is 0.730. The first-order chi connectivity index (χ1) is 14.6. The maximum Gasteiger partial charge on any atom is 0.246 e. The normalized spacial score (nSPS) is 16.1. The van der Waals surface area contributed by atoms with Gasteiger partial charge in [-0.1, -0.05) is 48.5 Å². The highest BCUT2D eigenvalue weighted by molar-refractivity contribution is 5.95. The number of rotatable bonds is 8. The molecule has 2 amide bonds. The second-order valence-corrected chi connectivity index (χ2v) is 7.55. The molecule has 160 valence electrons. The Morgan fingerprint density at radius 2 is 1.47 bits per heavy atom. The minimum atomic E-state index is -0.355. The second kappa shape index (κ2) is 10.9. The van der Waals surface area contributed by atoms with E-state index in [9.17, 15) is 9.59 Å². The summed E-state index contributed by atoms with van der Waals surface area (Å²) in [5, 5.41) is 3.06. The number of para-hydroxylation sites is 1. The molecule has 30 heavy (non-hydrogen) atoms. The van der Waals surface area contributed by atoms with Gasteiger partial charge in [0.2, 0.25) is 11.8 Å². The molecule has 2 aromatic rings. The van der Waals surface area contributed by atoms with Crippen LogP contribution in [0.4, 0.5) is 5.69 Å². The fraction of sp³-hybridized carbons (Fsp3) is 0.417. The molecule has 2 aromatic carbocycles. The van der Waals surface area contributed by atoms with E-state index in [0.29, 0.717) is 6.54 Å². The van der Waals surface area contributed by atoms with Crippen LogP contribution in [0, 0.1) is 0 Å². The molecular weight excluding hydrogens is 376 g/mol. The number of hydrogen-bond donors (Lipinski definition) is 1. The number of nitrogens with zero attached hydrogens (tertiary/aromatic N) is 3. The summed E-state index contributed by atoms with van der Waals surface area (Å²) in [6, 6.07) is 19.1. The van der Waals surface area contributed by atoms with Gasteiger partial charge in [0.25, 0.3) is 0 Å². The summed E-state index contributed by atoms with van der Waals surface area (Å²) < 4.78 is 0. The van der Waals surface area contributed by atoms with E-state index in [0.717, 1.165) is 50.5 Å². The van der Waals surface area contributed by atoms with E-state index < -0.39 is 0 Å². The minimum Gasteiger partial charge on any atom is -0.342 e. The molecule has 0 aromatic heterocycles. The van der Waals surface area contributed by atoms with E-state index in [2.05, 4.69) is 15.1 Å². The van der Waals surface area contributed by atoms with Gasteiger partial charge < -0.3 is 10.2 Å². The number of nitrogens with one attached hydrogen (secondary N) is 1. The number of anilines is 1. The molecule has 1 heterocycles. The molecule has 1 N–H and O–H groups in total. The Balaban J connectivity index is 1.67. The van der Waals surface area contributed by atoms with Crippen LogP contribution in [0.15, 0.2) is 60.7 Å². The summed E-state index contributed by atoms with van der Waals surface area (Å²) in [6.07, 6.45) is 0. The number of amides is 2. The molecule has 1 aliphatic rings. The largest absolute Gasteiger partial charge is 0.342 e. The third kappa shape index (κ3) is 5.68. The average Bonchev–Trinajstić information content (AvgIpc) is 2.77. The van der Waals surface area contributed by atoms with Crippen LogP contribution in [-0.4, -0.2) is 72.3 Å². The van der Waals surface area contributed by atoms with Crippen LogP contribution in [0.5, 0.6) is 0 Å². The highest BCUT2D eigenvalue weighted by atomic mass is 16.2. The molecule has 6 heteroatoms. The molecule has 1 saturated heterocycles. The molecule has 0 radical (unpaired) electrons. The highest BCUT2D eigenvalue weighted by Crippen LogP contribution is 2.24. The molecule has 1 aliphatic heterocycles. The van der Waals surface area contributed by atoms with E-state index in [1.165, 1.54) is 0 Å². The summed E-state index contributed by atoms with van der Waals surface area (Å²) in [5.41, 5.74) is 1.78. The van der Waals surface area contributed by atoms with Crippen LogP contribution in [0.3, 0.4) is 0 Å². The van der Waals surface area contributed by atoms with Crippen molar-refractivity contribution in [3.63, 3.8) is 0 Å². The van der Waals surface area contributed by atoms with Crippen molar-refractivity contribution in [3.8, 4) is 0 Å². The fourth-order valence-electron chi connectivity index (χ4n) is 3.94. The van der Waals surface area contributed by atoms with Crippen molar-refractivity contribution >= 4 is 17.5 Å². The first-order valence-corrected chi connectivity index (χ1v) is 10.8. The SMILES string of the molecule is CCN(CC)C(=O)CN1CCN(C(C(=O)Nc2ccccc2)c2ccccc2)CC1. The zero-order valence-electron chi connectivity index (χ0n) is 18.0. The Morgan fingerprint density at radius 1 is 0.900 bits per heavy atom. The Bertz CT molecular complexity index is 800. The van der Waals surface area contributed by atoms with Crippen LogP contribution in [0.25, 0.3) is 0 Å². The Hall–Kier alpha value is -2.70. The van der Waals surface area contributed by atoms with Crippen LogP contribution in [-0.2, 0) is 9.59 Å². The molecule has 1 atom stereocenters. The number of piperazine rings is 1. The van der Waals surface area contributed by atoms with Gasteiger partial charge in [0, 0.05) is 45.0 Å². The summed E-state index contributed by atoms with van der Waals surface area (Å²) in [5.74, 6) is 0.148. The lowest BCUT2D eigenvalue weighted by atomic mass is 10.0. The molecule has 1 unspecified atom stereocenters. The van der Waals surface area contributed by atoms with Crippen LogP contribution in [0.2, 0.25) is 0 Å². The Labute approximate surface area is 179 Å². The van der Waals surface area contributed by atoms with Crippen molar-refractivity contribution in [1.82, 2.24) is 14.7 Å². The Morgan fingerprint density at radius 3 is 2.03 bits per heavy atom. The van der Waals surface area contributed by atoms with Gasteiger partial charge in [0.1, 0.15) is 6.04 Å². The van der Waals surface area contributed by atoms with Crippen LogP contribution >= 0.6 is 0 Å². The van der Waals surface area contributed by atoms with Gasteiger partial charge in [0.15, 0.2) is 0 Å². The summed E-state index contributed by atoms with van der Waals surface area (Å²) >= 11 is 0. The number of likely N-dealkylation sites (N-methyl/N-ethyl adjacent to an activating group) is 1. The number of carbonyl (C=O) groups is 2. The van der Waals surface area contributed by atoms with Gasteiger partial charge in [-0.25, -0.2) is 0 Å². The van der Waals surface area contributed by atoms with Crippen molar-refractivity contribution in [2.24, 2.45) is 0 Å². The average molecular weight is 409 g/mol. The second-order valence-electron chi connectivity index (χ2n) is 7.55. The predicted molar refractivity (Wildman–Crippen MR) is 120 cm³/mol. The predicted octanol–water partition coefficient (Wildman–Crippen LogP) is 2.85. The standard InChI is InChI=1S/C24H32N4O2/c1-3-27(4-2)22(29)19-26-15-17-28(18-16-26)23(20-11-7-5-8-12-20)24(30)25-21-13-9-6-10-14-21/h5-14,23H,3-4,15-19H2,1-2H3,(H,25,30). The summed E-state index contributed by atoms with van der Waals surface area (Å²) in [6.45, 7) is 8.98. The van der Waals surface area contributed by atoms with Gasteiger partial charge in [-0.05, 0) is 31.5 Å². The first-order valence-electron chi connectivity index (χ1n) is 10.8. The zero-order valence-corrected chi connectivity index (χ0v) is 18.0.